The van der Waals surface area contributed by atoms with Crippen LogP contribution in [0.5, 0.6) is 0 Å². The molecule has 0 saturated heterocycles. The molecule has 0 spiro atoms. The summed E-state index contributed by atoms with van der Waals surface area (Å²) in [5.41, 5.74) is 2.29. The second-order valence-corrected chi connectivity index (χ2v) is 5.14. The second-order valence-electron chi connectivity index (χ2n) is 4.16. The molecule has 2 aromatic rings. The third-order valence-corrected chi connectivity index (χ3v) is 3.62. The molecule has 0 atom stereocenters. The van der Waals surface area contributed by atoms with Crippen LogP contribution in [0.25, 0.3) is 0 Å². The van der Waals surface area contributed by atoms with Crippen molar-refractivity contribution < 1.29 is 4.79 Å². The number of H-pyrrole nitrogens is 1. The lowest BCUT2D eigenvalue weighted by atomic mass is 10.2. The van der Waals surface area contributed by atoms with Gasteiger partial charge in [0.25, 0.3) is 0 Å². The molecule has 0 unspecified atom stereocenters. The molecule has 1 heterocycles. The first-order valence-electron chi connectivity index (χ1n) is 6.20. The minimum absolute atomic E-state index is 0. The predicted octanol–water partition coefficient (Wildman–Crippen LogP) is 2.42. The normalized spacial score (nSPS) is 9.80. The first-order valence-corrected chi connectivity index (χ1v) is 7.35. The highest BCUT2D eigenvalue weighted by atomic mass is 35.5. The van der Waals surface area contributed by atoms with E-state index in [1.165, 1.54) is 5.56 Å². The van der Waals surface area contributed by atoms with Gasteiger partial charge in [-0.25, -0.2) is 4.98 Å². The highest BCUT2D eigenvalue weighted by molar-refractivity contribution is 7.99. The summed E-state index contributed by atoms with van der Waals surface area (Å²) in [6, 6.07) is 10.2. The summed E-state index contributed by atoms with van der Waals surface area (Å²) in [5.74, 6) is 1.45. The van der Waals surface area contributed by atoms with E-state index in [1.54, 1.807) is 24.3 Å². The topological polar surface area (TPSA) is 57.8 Å². The number of aromatic amines is 1. The number of nitrogens with zero attached hydrogens (tertiary/aromatic N) is 1. The zero-order chi connectivity index (χ0) is 13.3. The summed E-state index contributed by atoms with van der Waals surface area (Å²) in [4.78, 5) is 18.5. The number of halogens is 1. The molecule has 4 nitrogen and oxygen atoms in total. The average molecular weight is 312 g/mol. The molecule has 0 aliphatic rings. The van der Waals surface area contributed by atoms with Crippen LogP contribution < -0.4 is 5.32 Å². The summed E-state index contributed by atoms with van der Waals surface area (Å²) in [5, 5.41) is 2.90. The zero-order valence-corrected chi connectivity index (χ0v) is 12.7. The minimum atomic E-state index is 0. The van der Waals surface area contributed by atoms with Crippen molar-refractivity contribution in [2.24, 2.45) is 0 Å². The van der Waals surface area contributed by atoms with E-state index < -0.39 is 0 Å². The summed E-state index contributed by atoms with van der Waals surface area (Å²) in [6.07, 6.45) is 4.21. The van der Waals surface area contributed by atoms with Crippen LogP contribution in [0.2, 0.25) is 0 Å². The average Bonchev–Trinajstić information content (AvgIpc) is 2.93. The smallest absolute Gasteiger partial charge is 0.230 e. The molecular formula is C14H18ClN3OS. The van der Waals surface area contributed by atoms with Crippen molar-refractivity contribution in [1.82, 2.24) is 15.3 Å². The highest BCUT2D eigenvalue weighted by Crippen LogP contribution is 2.10. The SMILES string of the molecule is Cl.O=C(CSCc1ccccc1)NCCc1cnc[nH]1. The molecule has 1 amide bonds. The molecule has 1 aromatic carbocycles. The van der Waals surface area contributed by atoms with Crippen molar-refractivity contribution in [3.63, 3.8) is 0 Å². The lowest BCUT2D eigenvalue weighted by Gasteiger charge is -2.04. The fourth-order valence-electron chi connectivity index (χ4n) is 1.64. The molecule has 0 radical (unpaired) electrons. The van der Waals surface area contributed by atoms with Gasteiger partial charge in [-0.15, -0.1) is 24.2 Å². The van der Waals surface area contributed by atoms with E-state index in [0.717, 1.165) is 17.9 Å². The van der Waals surface area contributed by atoms with Gasteiger partial charge in [0.05, 0.1) is 12.1 Å². The molecule has 0 fully saturated rings. The van der Waals surface area contributed by atoms with Gasteiger partial charge >= 0.3 is 0 Å². The molecule has 1 aromatic heterocycles. The molecule has 0 aliphatic heterocycles. The number of carbonyl (C=O) groups excluding carboxylic acids is 1. The van der Waals surface area contributed by atoms with Gasteiger partial charge in [0.2, 0.25) is 5.91 Å². The van der Waals surface area contributed by atoms with Crippen LogP contribution >= 0.6 is 24.2 Å². The molecule has 2 rings (SSSR count). The Morgan fingerprint density at radius 2 is 2.10 bits per heavy atom. The van der Waals surface area contributed by atoms with Gasteiger partial charge in [-0.05, 0) is 5.56 Å². The third kappa shape index (κ3) is 6.12. The lowest BCUT2D eigenvalue weighted by molar-refractivity contribution is -0.118. The van der Waals surface area contributed by atoms with Gasteiger partial charge in [0.1, 0.15) is 0 Å². The van der Waals surface area contributed by atoms with Gasteiger partial charge in [-0.2, -0.15) is 0 Å². The van der Waals surface area contributed by atoms with E-state index in [0.29, 0.717) is 12.3 Å². The van der Waals surface area contributed by atoms with Crippen LogP contribution in [0.15, 0.2) is 42.9 Å². The molecular weight excluding hydrogens is 294 g/mol. The van der Waals surface area contributed by atoms with Crippen LogP contribution in [-0.4, -0.2) is 28.2 Å². The molecule has 20 heavy (non-hydrogen) atoms. The van der Waals surface area contributed by atoms with Gasteiger partial charge < -0.3 is 10.3 Å². The minimum Gasteiger partial charge on any atom is -0.355 e. The number of imidazole rings is 1. The van der Waals surface area contributed by atoms with E-state index >= 15 is 0 Å². The van der Waals surface area contributed by atoms with Gasteiger partial charge in [-0.3, -0.25) is 4.79 Å². The Balaban J connectivity index is 0.00000200. The maximum atomic E-state index is 11.6. The van der Waals surface area contributed by atoms with E-state index in [9.17, 15) is 4.79 Å². The number of benzene rings is 1. The predicted molar refractivity (Wildman–Crippen MR) is 85.2 cm³/mol. The third-order valence-electron chi connectivity index (χ3n) is 2.62. The molecule has 0 bridgehead atoms. The fourth-order valence-corrected chi connectivity index (χ4v) is 2.46. The summed E-state index contributed by atoms with van der Waals surface area (Å²) < 4.78 is 0. The second kappa shape index (κ2) is 9.44. The summed E-state index contributed by atoms with van der Waals surface area (Å²) in [7, 11) is 0. The van der Waals surface area contributed by atoms with E-state index in [2.05, 4.69) is 27.4 Å². The quantitative estimate of drug-likeness (QED) is 0.825. The van der Waals surface area contributed by atoms with Crippen LogP contribution in [0.4, 0.5) is 0 Å². The van der Waals surface area contributed by atoms with Gasteiger partial charge in [0.15, 0.2) is 0 Å². The summed E-state index contributed by atoms with van der Waals surface area (Å²) >= 11 is 1.63. The number of carbonyl (C=O) groups is 1. The Morgan fingerprint density at radius 1 is 1.30 bits per heavy atom. The Morgan fingerprint density at radius 3 is 2.80 bits per heavy atom. The van der Waals surface area contributed by atoms with Crippen LogP contribution in [-0.2, 0) is 17.0 Å². The van der Waals surface area contributed by atoms with E-state index in [-0.39, 0.29) is 18.3 Å². The number of nitrogens with one attached hydrogen (secondary N) is 2. The maximum Gasteiger partial charge on any atom is 0.230 e. The molecule has 108 valence electrons. The fraction of sp³-hybridized carbons (Fsp3) is 0.286. The van der Waals surface area contributed by atoms with Crippen molar-refractivity contribution in [2.75, 3.05) is 12.3 Å². The van der Waals surface area contributed by atoms with Crippen LogP contribution in [0.3, 0.4) is 0 Å². The molecule has 6 heteroatoms. The first-order chi connectivity index (χ1) is 9.34. The standard InChI is InChI=1S/C14H17N3OS.ClH/c18-14(16-7-6-13-8-15-11-17-13)10-19-9-12-4-2-1-3-5-12;/h1-5,8,11H,6-7,9-10H2,(H,15,17)(H,16,18);1H. The van der Waals surface area contributed by atoms with Crippen molar-refractivity contribution in [3.05, 3.63) is 54.1 Å². The van der Waals surface area contributed by atoms with Gasteiger partial charge in [0, 0.05) is 30.6 Å². The molecule has 0 saturated carbocycles. The number of rotatable bonds is 7. The lowest BCUT2D eigenvalue weighted by Crippen LogP contribution is -2.27. The van der Waals surface area contributed by atoms with Crippen molar-refractivity contribution >= 4 is 30.1 Å². The Bertz CT molecular complexity index is 490. The molecule has 2 N–H and O–H groups in total. The van der Waals surface area contributed by atoms with Crippen molar-refractivity contribution in [3.8, 4) is 0 Å². The largest absolute Gasteiger partial charge is 0.355 e. The molecule has 0 aliphatic carbocycles. The number of aromatic nitrogens is 2. The number of thioether (sulfide) groups is 1. The highest BCUT2D eigenvalue weighted by Gasteiger charge is 2.02. The number of hydrogen-bond donors (Lipinski definition) is 2. The summed E-state index contributed by atoms with van der Waals surface area (Å²) in [6.45, 7) is 0.646. The Kier molecular flexibility index (Phi) is 7.84. The van der Waals surface area contributed by atoms with Gasteiger partial charge in [-0.1, -0.05) is 30.3 Å². The number of amides is 1. The number of hydrogen-bond acceptors (Lipinski definition) is 3. The van der Waals surface area contributed by atoms with Crippen LogP contribution in [0, 0.1) is 0 Å². The Labute approximate surface area is 129 Å². The van der Waals surface area contributed by atoms with E-state index in [4.69, 9.17) is 0 Å². The van der Waals surface area contributed by atoms with Crippen LogP contribution in [0.1, 0.15) is 11.3 Å². The Hall–Kier alpha value is -1.46. The van der Waals surface area contributed by atoms with Crippen molar-refractivity contribution in [2.45, 2.75) is 12.2 Å². The van der Waals surface area contributed by atoms with E-state index in [1.807, 2.05) is 18.2 Å². The first kappa shape index (κ1) is 16.6. The zero-order valence-electron chi connectivity index (χ0n) is 11.0. The maximum absolute atomic E-state index is 11.6. The van der Waals surface area contributed by atoms with Crippen molar-refractivity contribution in [1.29, 1.82) is 0 Å². The monoisotopic (exact) mass is 311 g/mol.